The predicted octanol–water partition coefficient (Wildman–Crippen LogP) is 7.21. The number of benzene rings is 3. The molecule has 146 valence electrons. The molecule has 8 heteroatoms. The lowest BCUT2D eigenvalue weighted by Crippen LogP contribution is -2.09. The van der Waals surface area contributed by atoms with Gasteiger partial charge in [-0.2, -0.15) is 26.3 Å². The molecule has 0 unspecified atom stereocenters. The molecule has 2 nitrogen and oxygen atoms in total. The van der Waals surface area contributed by atoms with Gasteiger partial charge in [0.15, 0.2) is 0 Å². The van der Waals surface area contributed by atoms with Gasteiger partial charge in [-0.15, -0.1) is 0 Å². The number of halogens is 6. The van der Waals surface area contributed by atoms with E-state index in [0.29, 0.717) is 11.4 Å². The van der Waals surface area contributed by atoms with Gasteiger partial charge in [-0.1, -0.05) is 24.3 Å². The van der Waals surface area contributed by atoms with E-state index in [2.05, 4.69) is 10.6 Å². The van der Waals surface area contributed by atoms with Crippen molar-refractivity contribution in [1.82, 2.24) is 0 Å². The van der Waals surface area contributed by atoms with Crippen LogP contribution in [0.15, 0.2) is 72.8 Å². The highest BCUT2D eigenvalue weighted by atomic mass is 19.4. The van der Waals surface area contributed by atoms with Gasteiger partial charge in [-0.25, -0.2) is 0 Å². The van der Waals surface area contributed by atoms with Gasteiger partial charge in [0, 0.05) is 11.4 Å². The lowest BCUT2D eigenvalue weighted by Gasteiger charge is -2.16. The highest BCUT2D eigenvalue weighted by molar-refractivity contribution is 5.69. The Labute approximate surface area is 156 Å². The Kier molecular flexibility index (Phi) is 5.22. The summed E-state index contributed by atoms with van der Waals surface area (Å²) in [5.74, 6) is 0. The second-order valence-corrected chi connectivity index (χ2v) is 5.91. The summed E-state index contributed by atoms with van der Waals surface area (Å²) in [4.78, 5) is 0. The fourth-order valence-corrected chi connectivity index (χ4v) is 2.63. The molecule has 0 aliphatic carbocycles. The van der Waals surface area contributed by atoms with Crippen LogP contribution in [-0.2, 0) is 12.4 Å². The fraction of sp³-hybridized carbons (Fsp3) is 0.100. The van der Waals surface area contributed by atoms with Gasteiger partial charge in [0.25, 0.3) is 0 Å². The van der Waals surface area contributed by atoms with Gasteiger partial charge < -0.3 is 10.6 Å². The average Bonchev–Trinajstić information content (AvgIpc) is 2.62. The van der Waals surface area contributed by atoms with Crippen molar-refractivity contribution >= 4 is 22.7 Å². The maximum absolute atomic E-state index is 13.0. The first-order valence-electron chi connectivity index (χ1n) is 8.11. The van der Waals surface area contributed by atoms with Gasteiger partial charge in [0.1, 0.15) is 0 Å². The van der Waals surface area contributed by atoms with E-state index in [9.17, 15) is 26.3 Å². The maximum atomic E-state index is 13.0. The summed E-state index contributed by atoms with van der Waals surface area (Å²) in [5.41, 5.74) is -1.11. The Morgan fingerprint density at radius 1 is 0.464 bits per heavy atom. The van der Waals surface area contributed by atoms with E-state index in [1.54, 1.807) is 0 Å². The standard InChI is InChI=1S/C20H14F6N2/c21-19(22,23)15-5-1-3-7-17(15)27-13-9-11-14(12-10-13)28-18-8-4-2-6-16(18)20(24,25)26/h1-12,27-28H. The third-order valence-electron chi connectivity index (χ3n) is 3.91. The van der Waals surface area contributed by atoms with Crippen molar-refractivity contribution in [2.75, 3.05) is 10.6 Å². The minimum Gasteiger partial charge on any atom is -0.355 e. The molecular formula is C20H14F6N2. The van der Waals surface area contributed by atoms with Crippen LogP contribution in [-0.4, -0.2) is 0 Å². The van der Waals surface area contributed by atoms with Crippen molar-refractivity contribution in [3.8, 4) is 0 Å². The van der Waals surface area contributed by atoms with Crippen LogP contribution in [0, 0.1) is 0 Å². The first-order chi connectivity index (χ1) is 13.1. The summed E-state index contributed by atoms with van der Waals surface area (Å²) in [5, 5.41) is 5.36. The number of alkyl halides is 6. The molecule has 0 heterocycles. The fourth-order valence-electron chi connectivity index (χ4n) is 2.63. The third kappa shape index (κ3) is 4.57. The first kappa shape index (κ1) is 19.6. The van der Waals surface area contributed by atoms with Crippen LogP contribution >= 0.6 is 0 Å². The van der Waals surface area contributed by atoms with Crippen LogP contribution < -0.4 is 10.6 Å². The van der Waals surface area contributed by atoms with Crippen LogP contribution in [0.4, 0.5) is 49.1 Å². The van der Waals surface area contributed by atoms with E-state index in [-0.39, 0.29) is 11.4 Å². The highest BCUT2D eigenvalue weighted by Crippen LogP contribution is 2.37. The Morgan fingerprint density at radius 2 is 0.786 bits per heavy atom. The molecule has 0 aliphatic rings. The highest BCUT2D eigenvalue weighted by Gasteiger charge is 2.34. The second-order valence-electron chi connectivity index (χ2n) is 5.91. The number of nitrogens with one attached hydrogen (secondary N) is 2. The van der Waals surface area contributed by atoms with Gasteiger partial charge >= 0.3 is 12.4 Å². The summed E-state index contributed by atoms with van der Waals surface area (Å²) in [6.45, 7) is 0. The Morgan fingerprint density at radius 3 is 1.11 bits per heavy atom. The zero-order valence-corrected chi connectivity index (χ0v) is 14.2. The normalized spacial score (nSPS) is 11.9. The molecule has 2 N–H and O–H groups in total. The van der Waals surface area contributed by atoms with Crippen LogP contribution in [0.1, 0.15) is 11.1 Å². The van der Waals surface area contributed by atoms with Crippen molar-refractivity contribution in [2.24, 2.45) is 0 Å². The SMILES string of the molecule is FC(F)(F)c1ccccc1Nc1ccc(Nc2ccccc2C(F)(F)F)cc1. The molecule has 0 bridgehead atoms. The summed E-state index contributed by atoms with van der Waals surface area (Å²) in [6, 6.07) is 16.0. The molecule has 3 rings (SSSR count). The van der Waals surface area contributed by atoms with Crippen LogP contribution in [0.25, 0.3) is 0 Å². The van der Waals surface area contributed by atoms with Gasteiger partial charge in [-0.05, 0) is 48.5 Å². The first-order valence-corrected chi connectivity index (χ1v) is 8.11. The van der Waals surface area contributed by atoms with Gasteiger partial charge in [0.05, 0.1) is 22.5 Å². The topological polar surface area (TPSA) is 24.1 Å². The number of hydrogen-bond acceptors (Lipinski definition) is 2. The van der Waals surface area contributed by atoms with E-state index < -0.39 is 23.5 Å². The van der Waals surface area contributed by atoms with Crippen LogP contribution in [0.3, 0.4) is 0 Å². The maximum Gasteiger partial charge on any atom is 0.418 e. The zero-order chi connectivity index (χ0) is 20.4. The van der Waals surface area contributed by atoms with Crippen molar-refractivity contribution < 1.29 is 26.3 Å². The predicted molar refractivity (Wildman–Crippen MR) is 95.9 cm³/mol. The molecule has 3 aromatic rings. The molecule has 0 aromatic heterocycles. The van der Waals surface area contributed by atoms with Crippen LogP contribution in [0.5, 0.6) is 0 Å². The molecule has 0 fully saturated rings. The minimum atomic E-state index is -4.51. The average molecular weight is 396 g/mol. The Balaban J connectivity index is 1.79. The molecule has 28 heavy (non-hydrogen) atoms. The lowest BCUT2D eigenvalue weighted by atomic mass is 10.1. The van der Waals surface area contributed by atoms with E-state index in [1.165, 1.54) is 60.7 Å². The van der Waals surface area contributed by atoms with E-state index in [1.807, 2.05) is 0 Å². The van der Waals surface area contributed by atoms with Crippen molar-refractivity contribution in [1.29, 1.82) is 0 Å². The largest absolute Gasteiger partial charge is 0.418 e. The molecule has 3 aromatic carbocycles. The molecule has 0 amide bonds. The summed E-state index contributed by atoms with van der Waals surface area (Å²) in [7, 11) is 0. The molecule has 0 saturated heterocycles. The second kappa shape index (κ2) is 7.46. The molecule has 0 atom stereocenters. The number of para-hydroxylation sites is 2. The number of rotatable bonds is 4. The lowest BCUT2D eigenvalue weighted by molar-refractivity contribution is -0.137. The van der Waals surface area contributed by atoms with E-state index >= 15 is 0 Å². The van der Waals surface area contributed by atoms with E-state index in [4.69, 9.17) is 0 Å². The van der Waals surface area contributed by atoms with Gasteiger partial charge in [-0.3, -0.25) is 0 Å². The molecule has 0 spiro atoms. The number of hydrogen-bond donors (Lipinski definition) is 2. The Bertz CT molecular complexity index is 867. The van der Waals surface area contributed by atoms with Gasteiger partial charge in [0.2, 0.25) is 0 Å². The number of anilines is 4. The quantitative estimate of drug-likeness (QED) is 0.455. The molecular weight excluding hydrogens is 382 g/mol. The van der Waals surface area contributed by atoms with Crippen molar-refractivity contribution in [2.45, 2.75) is 12.4 Å². The smallest absolute Gasteiger partial charge is 0.355 e. The van der Waals surface area contributed by atoms with Crippen molar-refractivity contribution in [3.63, 3.8) is 0 Å². The summed E-state index contributed by atoms with van der Waals surface area (Å²) in [6.07, 6.45) is -9.02. The molecule has 0 aliphatic heterocycles. The summed E-state index contributed by atoms with van der Waals surface area (Å²) < 4.78 is 78.3. The van der Waals surface area contributed by atoms with Crippen molar-refractivity contribution in [3.05, 3.63) is 83.9 Å². The third-order valence-corrected chi connectivity index (χ3v) is 3.91. The van der Waals surface area contributed by atoms with E-state index in [0.717, 1.165) is 12.1 Å². The molecule has 0 saturated carbocycles. The zero-order valence-electron chi connectivity index (χ0n) is 14.2. The monoisotopic (exact) mass is 396 g/mol. The van der Waals surface area contributed by atoms with Crippen LogP contribution in [0.2, 0.25) is 0 Å². The Hall–Kier alpha value is -3.16. The molecule has 0 radical (unpaired) electrons. The minimum absolute atomic E-state index is 0.113. The summed E-state index contributed by atoms with van der Waals surface area (Å²) >= 11 is 0.